The Kier molecular flexibility index (Phi) is 6.50. The Morgan fingerprint density at radius 2 is 1.71 bits per heavy atom. The molecular formula is C15H31NO. The van der Waals surface area contributed by atoms with Gasteiger partial charge in [0.25, 0.3) is 0 Å². The van der Waals surface area contributed by atoms with Crippen LogP contribution < -0.4 is 5.32 Å². The number of rotatable bonds is 5. The summed E-state index contributed by atoms with van der Waals surface area (Å²) in [4.78, 5) is 0. The van der Waals surface area contributed by atoms with E-state index in [0.29, 0.717) is 6.04 Å². The van der Waals surface area contributed by atoms with Gasteiger partial charge in [-0.2, -0.15) is 0 Å². The third kappa shape index (κ3) is 7.05. The number of hydrogen-bond acceptors (Lipinski definition) is 2. The van der Waals surface area contributed by atoms with Crippen LogP contribution >= 0.6 is 0 Å². The van der Waals surface area contributed by atoms with Crippen LogP contribution in [0.4, 0.5) is 0 Å². The highest BCUT2D eigenvalue weighted by Gasteiger charge is 2.18. The van der Waals surface area contributed by atoms with Crippen molar-refractivity contribution in [3.8, 4) is 0 Å². The molecule has 0 aliphatic heterocycles. The van der Waals surface area contributed by atoms with Crippen LogP contribution in [-0.4, -0.2) is 24.8 Å². The Morgan fingerprint density at radius 3 is 2.24 bits per heavy atom. The van der Waals surface area contributed by atoms with Crippen molar-refractivity contribution in [3.05, 3.63) is 0 Å². The Morgan fingerprint density at radius 1 is 1.12 bits per heavy atom. The molecule has 1 aliphatic rings. The van der Waals surface area contributed by atoms with Gasteiger partial charge in [-0.15, -0.1) is 0 Å². The summed E-state index contributed by atoms with van der Waals surface area (Å²) in [6.07, 6.45) is 8.56. The van der Waals surface area contributed by atoms with Crippen LogP contribution in [0.2, 0.25) is 0 Å². The first-order valence-electron chi connectivity index (χ1n) is 7.36. The molecule has 2 nitrogen and oxygen atoms in total. The van der Waals surface area contributed by atoms with E-state index >= 15 is 0 Å². The van der Waals surface area contributed by atoms with Crippen LogP contribution in [0.3, 0.4) is 0 Å². The average Bonchev–Trinajstić information content (AvgIpc) is 2.51. The van der Waals surface area contributed by atoms with Crippen LogP contribution in [-0.2, 0) is 4.74 Å². The maximum absolute atomic E-state index is 5.73. The maximum Gasteiger partial charge on any atom is 0.0599 e. The van der Waals surface area contributed by atoms with Gasteiger partial charge in [0.1, 0.15) is 0 Å². The number of ether oxygens (including phenoxy) is 1. The quantitative estimate of drug-likeness (QED) is 0.584. The van der Waals surface area contributed by atoms with Crippen LogP contribution in [0.25, 0.3) is 0 Å². The van der Waals surface area contributed by atoms with Crippen molar-refractivity contribution in [1.29, 1.82) is 0 Å². The van der Waals surface area contributed by atoms with E-state index in [-0.39, 0.29) is 5.60 Å². The van der Waals surface area contributed by atoms with Crippen molar-refractivity contribution in [1.82, 2.24) is 5.32 Å². The van der Waals surface area contributed by atoms with Crippen molar-refractivity contribution in [2.24, 2.45) is 5.92 Å². The lowest BCUT2D eigenvalue weighted by molar-refractivity contribution is -0.00208. The second-order valence-electron chi connectivity index (χ2n) is 6.46. The van der Waals surface area contributed by atoms with Gasteiger partial charge in [0.15, 0.2) is 0 Å². The molecule has 102 valence electrons. The third-order valence-electron chi connectivity index (χ3n) is 3.71. The van der Waals surface area contributed by atoms with E-state index in [2.05, 4.69) is 33.0 Å². The van der Waals surface area contributed by atoms with E-state index in [4.69, 9.17) is 4.74 Å². The standard InChI is InChI=1S/C15H31NO/c1-13(14-9-7-5-6-8-10-14)16-11-12-17-15(2,3)4/h13-14,16H,5-12H2,1-4H3/t13-/m1/s1. The van der Waals surface area contributed by atoms with Crippen LogP contribution in [0.5, 0.6) is 0 Å². The predicted octanol–water partition coefficient (Wildman–Crippen LogP) is 3.75. The molecule has 1 fully saturated rings. The first-order valence-corrected chi connectivity index (χ1v) is 7.36. The maximum atomic E-state index is 5.73. The second-order valence-corrected chi connectivity index (χ2v) is 6.46. The molecule has 0 unspecified atom stereocenters. The monoisotopic (exact) mass is 241 g/mol. The Bertz CT molecular complexity index is 190. The molecule has 0 spiro atoms. The number of hydrogen-bond donors (Lipinski definition) is 1. The van der Waals surface area contributed by atoms with Crippen molar-refractivity contribution in [2.75, 3.05) is 13.2 Å². The molecule has 0 heterocycles. The van der Waals surface area contributed by atoms with Crippen molar-refractivity contribution in [2.45, 2.75) is 77.9 Å². The zero-order valence-corrected chi connectivity index (χ0v) is 12.2. The van der Waals surface area contributed by atoms with Crippen LogP contribution in [0, 0.1) is 5.92 Å². The summed E-state index contributed by atoms with van der Waals surface area (Å²) in [5.41, 5.74) is -0.00671. The molecular weight excluding hydrogens is 210 g/mol. The smallest absolute Gasteiger partial charge is 0.0599 e. The molecule has 0 bridgehead atoms. The SMILES string of the molecule is C[C@@H](NCCOC(C)(C)C)C1CCCCCC1. The van der Waals surface area contributed by atoms with Crippen LogP contribution in [0.1, 0.15) is 66.2 Å². The molecule has 17 heavy (non-hydrogen) atoms. The van der Waals surface area contributed by atoms with E-state index < -0.39 is 0 Å². The van der Waals surface area contributed by atoms with Gasteiger partial charge in [-0.3, -0.25) is 0 Å². The molecule has 0 radical (unpaired) electrons. The fraction of sp³-hybridized carbons (Fsp3) is 1.00. The lowest BCUT2D eigenvalue weighted by atomic mass is 9.93. The normalized spacial score (nSPS) is 21.2. The molecule has 1 aliphatic carbocycles. The minimum atomic E-state index is -0.00671. The highest BCUT2D eigenvalue weighted by molar-refractivity contribution is 4.75. The zero-order valence-electron chi connectivity index (χ0n) is 12.2. The van der Waals surface area contributed by atoms with Crippen molar-refractivity contribution < 1.29 is 4.74 Å². The highest BCUT2D eigenvalue weighted by atomic mass is 16.5. The third-order valence-corrected chi connectivity index (χ3v) is 3.71. The lowest BCUT2D eigenvalue weighted by Gasteiger charge is -2.25. The van der Waals surface area contributed by atoms with E-state index in [9.17, 15) is 0 Å². The molecule has 0 saturated heterocycles. The molecule has 0 aromatic carbocycles. The van der Waals surface area contributed by atoms with Gasteiger partial charge in [-0.05, 0) is 46.5 Å². The van der Waals surface area contributed by atoms with Gasteiger partial charge in [0.05, 0.1) is 12.2 Å². The van der Waals surface area contributed by atoms with Gasteiger partial charge < -0.3 is 10.1 Å². The summed E-state index contributed by atoms with van der Waals surface area (Å²) in [7, 11) is 0. The first kappa shape index (κ1) is 15.0. The summed E-state index contributed by atoms with van der Waals surface area (Å²) in [6.45, 7) is 10.5. The van der Waals surface area contributed by atoms with Crippen LogP contribution in [0.15, 0.2) is 0 Å². The minimum Gasteiger partial charge on any atom is -0.375 e. The molecule has 0 aromatic rings. The predicted molar refractivity (Wildman–Crippen MR) is 74.4 cm³/mol. The van der Waals surface area contributed by atoms with E-state index in [1.54, 1.807) is 0 Å². The second kappa shape index (κ2) is 7.38. The molecule has 0 aromatic heterocycles. The summed E-state index contributed by atoms with van der Waals surface area (Å²) < 4.78 is 5.73. The highest BCUT2D eigenvalue weighted by Crippen LogP contribution is 2.25. The van der Waals surface area contributed by atoms with Gasteiger partial charge in [-0.25, -0.2) is 0 Å². The van der Waals surface area contributed by atoms with Crippen molar-refractivity contribution >= 4 is 0 Å². The number of nitrogens with one attached hydrogen (secondary N) is 1. The topological polar surface area (TPSA) is 21.3 Å². The summed E-state index contributed by atoms with van der Waals surface area (Å²) in [5.74, 6) is 0.882. The molecule has 1 N–H and O–H groups in total. The fourth-order valence-electron chi connectivity index (χ4n) is 2.62. The average molecular weight is 241 g/mol. The van der Waals surface area contributed by atoms with Gasteiger partial charge >= 0.3 is 0 Å². The Hall–Kier alpha value is -0.0800. The van der Waals surface area contributed by atoms with Gasteiger partial charge in [0, 0.05) is 12.6 Å². The largest absolute Gasteiger partial charge is 0.375 e. The van der Waals surface area contributed by atoms with E-state index in [1.165, 1.54) is 38.5 Å². The molecule has 1 saturated carbocycles. The van der Waals surface area contributed by atoms with Gasteiger partial charge in [0.2, 0.25) is 0 Å². The molecule has 1 rings (SSSR count). The minimum absolute atomic E-state index is 0.00671. The molecule has 1 atom stereocenters. The van der Waals surface area contributed by atoms with E-state index in [1.807, 2.05) is 0 Å². The van der Waals surface area contributed by atoms with E-state index in [0.717, 1.165) is 19.1 Å². The lowest BCUT2D eigenvalue weighted by Crippen LogP contribution is -2.36. The zero-order chi connectivity index (χ0) is 12.7. The summed E-state index contributed by atoms with van der Waals surface area (Å²) >= 11 is 0. The Balaban J connectivity index is 2.13. The summed E-state index contributed by atoms with van der Waals surface area (Å²) in [5, 5.41) is 3.63. The first-order chi connectivity index (χ1) is 7.99. The Labute approximate surface area is 108 Å². The summed E-state index contributed by atoms with van der Waals surface area (Å²) in [6, 6.07) is 0.650. The fourth-order valence-corrected chi connectivity index (χ4v) is 2.62. The van der Waals surface area contributed by atoms with Gasteiger partial charge in [-0.1, -0.05) is 25.7 Å². The molecule has 0 amide bonds. The van der Waals surface area contributed by atoms with Crippen molar-refractivity contribution in [3.63, 3.8) is 0 Å². The molecule has 2 heteroatoms.